The van der Waals surface area contributed by atoms with Gasteiger partial charge in [0.25, 0.3) is 0 Å². The molecule has 0 amide bonds. The summed E-state index contributed by atoms with van der Waals surface area (Å²) in [6.07, 6.45) is 1.59. The summed E-state index contributed by atoms with van der Waals surface area (Å²) in [5, 5.41) is 0. The highest BCUT2D eigenvalue weighted by molar-refractivity contribution is 5.14. The van der Waals surface area contributed by atoms with Crippen LogP contribution in [0.1, 0.15) is 12.0 Å². The fraction of sp³-hybridized carbons (Fsp3) is 0.400. The van der Waals surface area contributed by atoms with Gasteiger partial charge >= 0.3 is 0 Å². The first-order chi connectivity index (χ1) is 5.83. The first kappa shape index (κ1) is 9.20. The minimum absolute atomic E-state index is 0.301. The molecule has 66 valence electrons. The summed E-state index contributed by atoms with van der Waals surface area (Å²) in [5.41, 5.74) is 6.67. The van der Waals surface area contributed by atoms with Gasteiger partial charge in [0.2, 0.25) is 0 Å². The average Bonchev–Trinajstić information content (AvgIpc) is 2.16. The van der Waals surface area contributed by atoms with E-state index in [-0.39, 0.29) is 6.04 Å². The van der Waals surface area contributed by atoms with Crippen molar-refractivity contribution in [3.8, 4) is 0 Å². The van der Waals surface area contributed by atoms with Crippen molar-refractivity contribution in [2.24, 2.45) is 5.73 Å². The molecule has 1 aromatic carbocycles. The lowest BCUT2D eigenvalue weighted by molar-refractivity contribution is 0.414. The van der Waals surface area contributed by atoms with Crippen molar-refractivity contribution in [1.29, 1.82) is 0 Å². The molecule has 1 rings (SSSR count). The van der Waals surface area contributed by atoms with Gasteiger partial charge in [-0.15, -0.1) is 0 Å². The van der Waals surface area contributed by atoms with E-state index in [0.29, 0.717) is 0 Å². The molecule has 0 heterocycles. The minimum atomic E-state index is -0.424. The van der Waals surface area contributed by atoms with Crippen molar-refractivity contribution in [2.45, 2.75) is 18.9 Å². The summed E-state index contributed by atoms with van der Waals surface area (Å²) in [4.78, 5) is 0. The molecule has 0 fully saturated rings. The second kappa shape index (κ2) is 4.88. The van der Waals surface area contributed by atoms with E-state index in [4.69, 9.17) is 5.73 Å². The van der Waals surface area contributed by atoms with E-state index in [2.05, 4.69) is 0 Å². The maximum Gasteiger partial charge on any atom is 0.104 e. The molecule has 0 aliphatic heterocycles. The molecule has 1 unspecified atom stereocenters. The van der Waals surface area contributed by atoms with Crippen LogP contribution in [0.4, 0.5) is 4.39 Å². The highest BCUT2D eigenvalue weighted by Crippen LogP contribution is 2.03. The Hall–Kier alpha value is -0.890. The van der Waals surface area contributed by atoms with Crippen molar-refractivity contribution in [1.82, 2.24) is 0 Å². The molecule has 0 aromatic heterocycles. The van der Waals surface area contributed by atoms with Crippen LogP contribution in [0.25, 0.3) is 0 Å². The van der Waals surface area contributed by atoms with Crippen molar-refractivity contribution in [3.05, 3.63) is 35.9 Å². The molecule has 0 bridgehead atoms. The lowest BCUT2D eigenvalue weighted by atomic mass is 10.1. The third-order valence-electron chi connectivity index (χ3n) is 1.84. The fourth-order valence-corrected chi connectivity index (χ4v) is 1.07. The molecule has 1 aromatic rings. The fourth-order valence-electron chi connectivity index (χ4n) is 1.07. The lowest BCUT2D eigenvalue weighted by Gasteiger charge is -2.05. The minimum Gasteiger partial charge on any atom is -0.325 e. The van der Waals surface area contributed by atoms with E-state index >= 15 is 0 Å². The van der Waals surface area contributed by atoms with Crippen LogP contribution >= 0.6 is 0 Å². The molecule has 0 aliphatic rings. The van der Waals surface area contributed by atoms with Crippen molar-refractivity contribution in [2.75, 3.05) is 6.67 Å². The van der Waals surface area contributed by atoms with Gasteiger partial charge in [-0.3, -0.25) is 0 Å². The molecule has 2 heteroatoms. The Bertz CT molecular complexity index is 210. The highest BCUT2D eigenvalue weighted by Gasteiger charge is 2.00. The summed E-state index contributed by atoms with van der Waals surface area (Å²) in [6, 6.07) is 9.70. The summed E-state index contributed by atoms with van der Waals surface area (Å²) in [5.74, 6) is 0. The number of nitrogens with two attached hydrogens (primary N) is 1. The van der Waals surface area contributed by atoms with E-state index in [1.807, 2.05) is 30.3 Å². The van der Waals surface area contributed by atoms with Gasteiger partial charge in [-0.25, -0.2) is 4.39 Å². The first-order valence-electron chi connectivity index (χ1n) is 4.18. The van der Waals surface area contributed by atoms with Gasteiger partial charge in [-0.1, -0.05) is 30.3 Å². The summed E-state index contributed by atoms with van der Waals surface area (Å²) < 4.78 is 12.0. The first-order valence-corrected chi connectivity index (χ1v) is 4.18. The molecule has 0 aliphatic carbocycles. The number of halogens is 1. The quantitative estimate of drug-likeness (QED) is 0.728. The third-order valence-corrected chi connectivity index (χ3v) is 1.84. The third kappa shape index (κ3) is 3.01. The van der Waals surface area contributed by atoms with Crippen LogP contribution in [0.2, 0.25) is 0 Å². The van der Waals surface area contributed by atoms with Crippen LogP contribution in [0.5, 0.6) is 0 Å². The van der Waals surface area contributed by atoms with Crippen LogP contribution in [-0.4, -0.2) is 12.7 Å². The number of hydrogen-bond acceptors (Lipinski definition) is 1. The second-order valence-electron chi connectivity index (χ2n) is 2.94. The van der Waals surface area contributed by atoms with Crippen LogP contribution in [0.15, 0.2) is 30.3 Å². The van der Waals surface area contributed by atoms with Crippen LogP contribution in [0, 0.1) is 0 Å². The molecule has 1 nitrogen and oxygen atoms in total. The monoisotopic (exact) mass is 167 g/mol. The van der Waals surface area contributed by atoms with E-state index in [1.165, 1.54) is 5.56 Å². The normalized spacial score (nSPS) is 12.8. The van der Waals surface area contributed by atoms with Crippen molar-refractivity contribution in [3.63, 3.8) is 0 Å². The summed E-state index contributed by atoms with van der Waals surface area (Å²) in [6.45, 7) is -0.424. The SMILES string of the molecule is NC(CF)CCc1ccccc1. The molecule has 0 saturated carbocycles. The number of alkyl halides is 1. The van der Waals surface area contributed by atoms with Crippen LogP contribution < -0.4 is 5.73 Å². The molecule has 0 spiro atoms. The Balaban J connectivity index is 2.33. The average molecular weight is 167 g/mol. The Labute approximate surface area is 72.4 Å². The Morgan fingerprint density at radius 2 is 1.92 bits per heavy atom. The van der Waals surface area contributed by atoms with Crippen molar-refractivity contribution < 1.29 is 4.39 Å². The number of rotatable bonds is 4. The molecule has 1 atom stereocenters. The molecular weight excluding hydrogens is 153 g/mol. The maximum atomic E-state index is 12.0. The smallest absolute Gasteiger partial charge is 0.104 e. The van der Waals surface area contributed by atoms with E-state index in [1.54, 1.807) is 0 Å². The highest BCUT2D eigenvalue weighted by atomic mass is 19.1. The van der Waals surface area contributed by atoms with Crippen LogP contribution in [0.3, 0.4) is 0 Å². The molecule has 0 radical (unpaired) electrons. The molecular formula is C10H14FN. The predicted octanol–water partition coefficient (Wildman–Crippen LogP) is 1.92. The van der Waals surface area contributed by atoms with Gasteiger partial charge in [0, 0.05) is 6.04 Å². The van der Waals surface area contributed by atoms with Gasteiger partial charge < -0.3 is 5.73 Å². The summed E-state index contributed by atoms with van der Waals surface area (Å²) >= 11 is 0. The van der Waals surface area contributed by atoms with Crippen LogP contribution in [-0.2, 0) is 6.42 Å². The summed E-state index contributed by atoms with van der Waals surface area (Å²) in [7, 11) is 0. The van der Waals surface area contributed by atoms with E-state index in [9.17, 15) is 4.39 Å². The Kier molecular flexibility index (Phi) is 3.74. The van der Waals surface area contributed by atoms with Gasteiger partial charge in [-0.2, -0.15) is 0 Å². The van der Waals surface area contributed by atoms with Gasteiger partial charge in [0.1, 0.15) is 6.67 Å². The number of aryl methyl sites for hydroxylation is 1. The lowest BCUT2D eigenvalue weighted by Crippen LogP contribution is -2.22. The number of hydrogen-bond donors (Lipinski definition) is 1. The van der Waals surface area contributed by atoms with Crippen molar-refractivity contribution >= 4 is 0 Å². The Morgan fingerprint density at radius 3 is 2.50 bits per heavy atom. The van der Waals surface area contributed by atoms with E-state index < -0.39 is 6.67 Å². The van der Waals surface area contributed by atoms with Gasteiger partial charge in [0.15, 0.2) is 0 Å². The topological polar surface area (TPSA) is 26.0 Å². The standard InChI is InChI=1S/C10H14FN/c11-8-10(12)7-6-9-4-2-1-3-5-9/h1-5,10H,6-8,12H2. The largest absolute Gasteiger partial charge is 0.325 e. The maximum absolute atomic E-state index is 12.0. The second-order valence-corrected chi connectivity index (χ2v) is 2.94. The van der Waals surface area contributed by atoms with E-state index in [0.717, 1.165) is 12.8 Å². The zero-order valence-electron chi connectivity index (χ0n) is 7.04. The molecule has 0 saturated heterocycles. The Morgan fingerprint density at radius 1 is 1.25 bits per heavy atom. The molecule has 12 heavy (non-hydrogen) atoms. The molecule has 2 N–H and O–H groups in total. The van der Waals surface area contributed by atoms with Gasteiger partial charge in [0.05, 0.1) is 0 Å². The zero-order valence-corrected chi connectivity index (χ0v) is 7.04. The number of benzene rings is 1. The van der Waals surface area contributed by atoms with Gasteiger partial charge in [-0.05, 0) is 18.4 Å². The predicted molar refractivity (Wildman–Crippen MR) is 48.7 cm³/mol. The zero-order chi connectivity index (χ0) is 8.81.